The Morgan fingerprint density at radius 1 is 1.14 bits per heavy atom. The molecule has 0 amide bonds. The van der Waals surface area contributed by atoms with Gasteiger partial charge in [0.1, 0.15) is 10.7 Å². The fourth-order valence-corrected chi connectivity index (χ4v) is 5.30. The molecule has 1 fully saturated rings. The topological polar surface area (TPSA) is 71.6 Å². The summed E-state index contributed by atoms with van der Waals surface area (Å²) in [5.41, 5.74) is 0. The van der Waals surface area contributed by atoms with Gasteiger partial charge in [-0.3, -0.25) is 4.90 Å². The molecule has 148 valence electrons. The van der Waals surface area contributed by atoms with Crippen molar-refractivity contribution in [3.05, 3.63) is 52.4 Å². The van der Waals surface area contributed by atoms with E-state index >= 15 is 0 Å². The molecule has 0 N–H and O–H groups in total. The number of benzene rings is 1. The van der Waals surface area contributed by atoms with E-state index in [0.29, 0.717) is 25.6 Å². The molecule has 1 aromatic carbocycles. The van der Waals surface area contributed by atoms with Crippen LogP contribution in [0.1, 0.15) is 0 Å². The summed E-state index contributed by atoms with van der Waals surface area (Å²) in [7, 11) is -3.85. The van der Waals surface area contributed by atoms with Crippen molar-refractivity contribution in [2.24, 2.45) is 0 Å². The van der Waals surface area contributed by atoms with Crippen molar-refractivity contribution >= 4 is 33.6 Å². The van der Waals surface area contributed by atoms with E-state index in [0.717, 1.165) is 10.9 Å². The third-order valence-corrected chi connectivity index (χ3v) is 7.54. The highest BCUT2D eigenvalue weighted by atomic mass is 32.2. The monoisotopic (exact) mass is 440 g/mol. The number of hydrogen-bond acceptors (Lipinski definition) is 7. The van der Waals surface area contributed by atoms with Crippen molar-refractivity contribution in [3.8, 4) is 10.8 Å². The summed E-state index contributed by atoms with van der Waals surface area (Å²) in [5.74, 6) is -0.263. The van der Waals surface area contributed by atoms with Crippen molar-refractivity contribution in [3.63, 3.8) is 0 Å². The van der Waals surface area contributed by atoms with E-state index in [9.17, 15) is 12.8 Å². The molecule has 28 heavy (non-hydrogen) atoms. The smallest absolute Gasteiger partial charge is 0.288 e. The van der Waals surface area contributed by atoms with Crippen LogP contribution in [0.25, 0.3) is 10.8 Å². The predicted octanol–water partition coefficient (Wildman–Crippen LogP) is 3.04. The van der Waals surface area contributed by atoms with Crippen LogP contribution in [0.15, 0.2) is 51.1 Å². The number of halogens is 1. The minimum absolute atomic E-state index is 0.264. The average molecular weight is 441 g/mol. The maximum Gasteiger partial charge on any atom is 0.288 e. The largest absolute Gasteiger partial charge is 0.408 e. The third kappa shape index (κ3) is 3.80. The van der Waals surface area contributed by atoms with E-state index in [4.69, 9.17) is 16.6 Å². The molecule has 11 heteroatoms. The summed E-state index contributed by atoms with van der Waals surface area (Å²) < 4.78 is 47.7. The Kier molecular flexibility index (Phi) is 5.43. The molecular formula is C17H17FN4O3S3. The Hall–Kier alpha value is -1.92. The molecule has 0 radical (unpaired) electrons. The van der Waals surface area contributed by atoms with Gasteiger partial charge in [-0.15, -0.1) is 16.4 Å². The summed E-state index contributed by atoms with van der Waals surface area (Å²) in [6.07, 6.45) is 0. The summed E-state index contributed by atoms with van der Waals surface area (Å²) in [6, 6.07) is 9.25. The highest BCUT2D eigenvalue weighted by Gasteiger charge is 2.30. The van der Waals surface area contributed by atoms with Crippen LogP contribution in [0.2, 0.25) is 0 Å². The van der Waals surface area contributed by atoms with Gasteiger partial charge in [0.2, 0.25) is 10.0 Å². The number of aromatic nitrogens is 2. The Balaban J connectivity index is 1.43. The van der Waals surface area contributed by atoms with Crippen molar-refractivity contribution in [2.45, 2.75) is 11.6 Å². The van der Waals surface area contributed by atoms with Crippen LogP contribution < -0.4 is 0 Å². The van der Waals surface area contributed by atoms with Gasteiger partial charge in [-0.05, 0) is 35.8 Å². The summed E-state index contributed by atoms with van der Waals surface area (Å²) in [4.78, 5) is 2.90. The minimum atomic E-state index is -3.85. The first kappa shape index (κ1) is 19.4. The molecule has 1 saturated heterocycles. The molecule has 0 aliphatic carbocycles. The number of hydrogen-bond donors (Lipinski definition) is 0. The normalized spacial score (nSPS) is 16.5. The molecule has 0 spiro atoms. The molecular weight excluding hydrogens is 423 g/mol. The van der Waals surface area contributed by atoms with Crippen LogP contribution in [0, 0.1) is 10.7 Å². The summed E-state index contributed by atoms with van der Waals surface area (Å²) >= 11 is 6.75. The lowest BCUT2D eigenvalue weighted by atomic mass is 10.3. The second-order valence-corrected chi connectivity index (χ2v) is 9.45. The zero-order valence-corrected chi connectivity index (χ0v) is 17.1. The van der Waals surface area contributed by atoms with Crippen molar-refractivity contribution < 1.29 is 17.2 Å². The van der Waals surface area contributed by atoms with Crippen molar-refractivity contribution in [1.29, 1.82) is 0 Å². The number of nitrogens with zero attached hydrogens (tertiary/aromatic N) is 4. The Morgan fingerprint density at radius 2 is 1.89 bits per heavy atom. The average Bonchev–Trinajstić information content (AvgIpc) is 3.33. The van der Waals surface area contributed by atoms with Crippen LogP contribution in [-0.2, 0) is 16.7 Å². The molecule has 3 heterocycles. The molecule has 0 atom stereocenters. The molecule has 2 aromatic heterocycles. The first-order valence-corrected chi connectivity index (χ1v) is 11.3. The van der Waals surface area contributed by atoms with Crippen molar-refractivity contribution in [1.82, 2.24) is 19.0 Å². The van der Waals surface area contributed by atoms with E-state index in [1.54, 1.807) is 4.68 Å². The first-order chi connectivity index (χ1) is 13.4. The SMILES string of the molecule is O=S(=O)(c1ccccc1F)N1CCN(Cn2nc(-c3cccs3)oc2=S)CC1. The highest BCUT2D eigenvalue weighted by Crippen LogP contribution is 2.24. The van der Waals surface area contributed by atoms with E-state index in [1.165, 1.54) is 33.8 Å². The second-order valence-electron chi connectivity index (χ2n) is 6.24. The van der Waals surface area contributed by atoms with Crippen LogP contribution in [0.4, 0.5) is 4.39 Å². The van der Waals surface area contributed by atoms with Gasteiger partial charge in [-0.2, -0.15) is 4.31 Å². The maximum atomic E-state index is 13.9. The van der Waals surface area contributed by atoms with Gasteiger partial charge < -0.3 is 4.42 Å². The van der Waals surface area contributed by atoms with Crippen molar-refractivity contribution in [2.75, 3.05) is 26.2 Å². The van der Waals surface area contributed by atoms with Gasteiger partial charge in [0.05, 0.1) is 11.5 Å². The molecule has 0 saturated carbocycles. The second kappa shape index (κ2) is 7.84. The molecule has 3 aromatic rings. The zero-order valence-electron chi connectivity index (χ0n) is 14.7. The van der Waals surface area contributed by atoms with Gasteiger partial charge >= 0.3 is 0 Å². The Morgan fingerprint density at radius 3 is 2.57 bits per heavy atom. The van der Waals surface area contributed by atoms with E-state index in [1.807, 2.05) is 22.4 Å². The number of sulfonamides is 1. The highest BCUT2D eigenvalue weighted by molar-refractivity contribution is 7.89. The molecule has 1 aliphatic heterocycles. The minimum Gasteiger partial charge on any atom is -0.408 e. The maximum absolute atomic E-state index is 13.9. The van der Waals surface area contributed by atoms with Gasteiger partial charge in [0.15, 0.2) is 0 Å². The Bertz CT molecular complexity index is 1120. The van der Waals surface area contributed by atoms with Gasteiger partial charge in [0.25, 0.3) is 10.7 Å². The lowest BCUT2D eigenvalue weighted by molar-refractivity contribution is 0.143. The lowest BCUT2D eigenvalue weighted by Crippen LogP contribution is -2.49. The number of piperazine rings is 1. The summed E-state index contributed by atoms with van der Waals surface area (Å²) in [5, 5.41) is 6.34. The Labute approximate surface area is 170 Å². The lowest BCUT2D eigenvalue weighted by Gasteiger charge is -2.33. The standard InChI is InChI=1S/C17H17FN4O3S3/c18-13-4-1-2-6-15(13)28(23,24)21-9-7-20(8-10-21)12-22-17(26)25-16(19-22)14-5-3-11-27-14/h1-6,11H,7-10,12H2. The van der Waals surface area contributed by atoms with E-state index < -0.39 is 15.8 Å². The fraction of sp³-hybridized carbons (Fsp3) is 0.294. The third-order valence-electron chi connectivity index (χ3n) is 4.46. The quantitative estimate of drug-likeness (QED) is 0.568. The van der Waals surface area contributed by atoms with Crippen LogP contribution in [0.3, 0.4) is 0 Å². The predicted molar refractivity (Wildman–Crippen MR) is 105 cm³/mol. The van der Waals surface area contributed by atoms with E-state index in [2.05, 4.69) is 5.10 Å². The molecule has 0 bridgehead atoms. The zero-order chi connectivity index (χ0) is 19.7. The molecule has 7 nitrogen and oxygen atoms in total. The summed E-state index contributed by atoms with van der Waals surface area (Å²) in [6.45, 7) is 1.90. The molecule has 1 aliphatic rings. The molecule has 0 unspecified atom stereocenters. The van der Waals surface area contributed by atoms with Gasteiger partial charge in [0, 0.05) is 26.2 Å². The van der Waals surface area contributed by atoms with Crippen LogP contribution in [-0.4, -0.2) is 53.6 Å². The van der Waals surface area contributed by atoms with E-state index in [-0.39, 0.29) is 22.8 Å². The molecule has 4 rings (SSSR count). The van der Waals surface area contributed by atoms with Crippen LogP contribution >= 0.6 is 23.6 Å². The fourth-order valence-electron chi connectivity index (χ4n) is 2.99. The number of rotatable bonds is 5. The van der Waals surface area contributed by atoms with Crippen LogP contribution in [0.5, 0.6) is 0 Å². The van der Waals surface area contributed by atoms with Gasteiger partial charge in [-0.1, -0.05) is 18.2 Å². The number of thiophene rings is 1. The first-order valence-electron chi connectivity index (χ1n) is 8.54. The van der Waals surface area contributed by atoms with Gasteiger partial charge in [-0.25, -0.2) is 17.5 Å².